The number of thiophene rings is 1. The lowest BCUT2D eigenvalue weighted by Crippen LogP contribution is -1.84. The number of hydrogen-bond acceptors (Lipinski definition) is 1. The standard InChI is InChI=1S/C36H23NS/c1-3-16-33-29(12-1)31-15-7-14-28(36(31)37-33)27-11-6-10-25(21-27)23-8-5-9-24(20-23)26-18-19-35-32(22-26)30-13-2-4-17-34(30)38-35/h1-22,37H. The Bertz CT molecular complexity index is 2140. The first-order chi connectivity index (χ1) is 18.8. The van der Waals surface area contributed by atoms with E-state index in [4.69, 9.17) is 0 Å². The number of H-pyrrole nitrogens is 1. The van der Waals surface area contributed by atoms with Crippen LogP contribution in [0, 0.1) is 0 Å². The van der Waals surface area contributed by atoms with Crippen LogP contribution in [-0.2, 0) is 0 Å². The summed E-state index contributed by atoms with van der Waals surface area (Å²) in [5.74, 6) is 0. The van der Waals surface area contributed by atoms with Crippen LogP contribution in [0.5, 0.6) is 0 Å². The summed E-state index contributed by atoms with van der Waals surface area (Å²) in [5.41, 5.74) is 9.75. The number of benzene rings is 6. The van der Waals surface area contributed by atoms with Gasteiger partial charge in [0, 0.05) is 42.0 Å². The van der Waals surface area contributed by atoms with Crippen molar-refractivity contribution < 1.29 is 0 Å². The Morgan fingerprint density at radius 3 is 1.84 bits per heavy atom. The van der Waals surface area contributed by atoms with E-state index in [0.29, 0.717) is 0 Å². The third kappa shape index (κ3) is 3.38. The highest BCUT2D eigenvalue weighted by atomic mass is 32.1. The lowest BCUT2D eigenvalue weighted by molar-refractivity contribution is 1.53. The Balaban J connectivity index is 1.22. The molecule has 0 aliphatic heterocycles. The van der Waals surface area contributed by atoms with Crippen molar-refractivity contribution in [3.63, 3.8) is 0 Å². The van der Waals surface area contributed by atoms with Crippen molar-refractivity contribution in [3.8, 4) is 33.4 Å². The molecule has 0 saturated heterocycles. The SMILES string of the molecule is c1cc(-c2cccc(-c3cccc4c3[nH]c3ccccc34)c2)cc(-c2ccc3sc4ccccc4c3c2)c1. The van der Waals surface area contributed by atoms with Crippen molar-refractivity contribution in [2.45, 2.75) is 0 Å². The average molecular weight is 502 g/mol. The van der Waals surface area contributed by atoms with Gasteiger partial charge in [-0.25, -0.2) is 0 Å². The van der Waals surface area contributed by atoms with E-state index >= 15 is 0 Å². The Morgan fingerprint density at radius 2 is 1.00 bits per heavy atom. The van der Waals surface area contributed by atoms with Crippen molar-refractivity contribution in [3.05, 3.63) is 133 Å². The van der Waals surface area contributed by atoms with Gasteiger partial charge in [0.25, 0.3) is 0 Å². The molecule has 2 heteroatoms. The molecule has 0 atom stereocenters. The van der Waals surface area contributed by atoms with Crippen LogP contribution in [-0.4, -0.2) is 4.98 Å². The van der Waals surface area contributed by atoms with Gasteiger partial charge in [-0.1, -0.05) is 97.1 Å². The first kappa shape index (κ1) is 21.4. The van der Waals surface area contributed by atoms with Gasteiger partial charge in [0.05, 0.1) is 5.52 Å². The van der Waals surface area contributed by atoms with Crippen molar-refractivity contribution in [2.24, 2.45) is 0 Å². The van der Waals surface area contributed by atoms with E-state index in [1.807, 2.05) is 11.3 Å². The Labute approximate surface area is 224 Å². The number of hydrogen-bond donors (Lipinski definition) is 1. The van der Waals surface area contributed by atoms with Crippen LogP contribution in [0.15, 0.2) is 133 Å². The second-order valence-corrected chi connectivity index (χ2v) is 11.0. The number of fused-ring (bicyclic) bond motifs is 6. The summed E-state index contributed by atoms with van der Waals surface area (Å²) in [6.45, 7) is 0. The first-order valence-electron chi connectivity index (χ1n) is 12.9. The molecule has 2 aromatic heterocycles. The first-order valence-corrected chi connectivity index (χ1v) is 13.8. The van der Waals surface area contributed by atoms with E-state index in [9.17, 15) is 0 Å². The molecule has 178 valence electrons. The molecule has 0 amide bonds. The molecule has 38 heavy (non-hydrogen) atoms. The van der Waals surface area contributed by atoms with Crippen LogP contribution in [0.2, 0.25) is 0 Å². The maximum Gasteiger partial charge on any atom is 0.0544 e. The average Bonchev–Trinajstić information content (AvgIpc) is 3.55. The number of nitrogens with one attached hydrogen (secondary N) is 1. The van der Waals surface area contributed by atoms with Crippen LogP contribution < -0.4 is 0 Å². The summed E-state index contributed by atoms with van der Waals surface area (Å²) in [7, 11) is 0. The van der Waals surface area contributed by atoms with Crippen LogP contribution in [0.1, 0.15) is 0 Å². The minimum absolute atomic E-state index is 1.18. The molecule has 8 rings (SSSR count). The quantitative estimate of drug-likeness (QED) is 0.248. The van der Waals surface area contributed by atoms with Gasteiger partial charge in [0.1, 0.15) is 0 Å². The van der Waals surface area contributed by atoms with Crippen molar-refractivity contribution in [1.82, 2.24) is 4.98 Å². The summed E-state index contributed by atoms with van der Waals surface area (Å²) >= 11 is 1.86. The van der Waals surface area contributed by atoms with Crippen LogP contribution in [0.25, 0.3) is 75.4 Å². The van der Waals surface area contributed by atoms with Gasteiger partial charge in [-0.3, -0.25) is 0 Å². The Morgan fingerprint density at radius 1 is 0.395 bits per heavy atom. The zero-order valence-electron chi connectivity index (χ0n) is 20.6. The fourth-order valence-corrected chi connectivity index (χ4v) is 6.85. The van der Waals surface area contributed by atoms with Gasteiger partial charge in [-0.2, -0.15) is 0 Å². The maximum atomic E-state index is 3.66. The highest BCUT2D eigenvalue weighted by Gasteiger charge is 2.11. The van der Waals surface area contributed by atoms with Gasteiger partial charge in [-0.05, 0) is 64.2 Å². The van der Waals surface area contributed by atoms with Gasteiger partial charge in [-0.15, -0.1) is 11.3 Å². The molecule has 0 unspecified atom stereocenters. The molecule has 6 aromatic carbocycles. The zero-order chi connectivity index (χ0) is 25.1. The van der Waals surface area contributed by atoms with E-state index in [1.54, 1.807) is 0 Å². The minimum Gasteiger partial charge on any atom is -0.354 e. The summed E-state index contributed by atoms with van der Waals surface area (Å²) in [6, 6.07) is 48.5. The van der Waals surface area contributed by atoms with E-state index in [-0.39, 0.29) is 0 Å². The van der Waals surface area contributed by atoms with Crippen molar-refractivity contribution in [1.29, 1.82) is 0 Å². The van der Waals surface area contributed by atoms with E-state index in [0.717, 1.165) is 0 Å². The third-order valence-corrected chi connectivity index (χ3v) is 8.77. The van der Waals surface area contributed by atoms with Gasteiger partial charge in [0.2, 0.25) is 0 Å². The molecule has 0 radical (unpaired) electrons. The topological polar surface area (TPSA) is 15.8 Å². The lowest BCUT2D eigenvalue weighted by atomic mass is 9.95. The lowest BCUT2D eigenvalue weighted by Gasteiger charge is -2.10. The van der Waals surface area contributed by atoms with Gasteiger partial charge < -0.3 is 4.98 Å². The number of rotatable bonds is 3. The maximum absolute atomic E-state index is 3.66. The molecule has 2 heterocycles. The summed E-state index contributed by atoms with van der Waals surface area (Å²) < 4.78 is 2.68. The Kier molecular flexibility index (Phi) is 4.76. The predicted molar refractivity (Wildman–Crippen MR) is 165 cm³/mol. The largest absolute Gasteiger partial charge is 0.354 e. The van der Waals surface area contributed by atoms with Crippen LogP contribution >= 0.6 is 11.3 Å². The summed E-state index contributed by atoms with van der Waals surface area (Å²) in [5, 5.41) is 5.21. The molecule has 1 N–H and O–H groups in total. The van der Waals surface area contributed by atoms with Gasteiger partial charge >= 0.3 is 0 Å². The second kappa shape index (κ2) is 8.44. The minimum atomic E-state index is 1.18. The van der Waals surface area contributed by atoms with E-state index < -0.39 is 0 Å². The monoisotopic (exact) mass is 501 g/mol. The number of aromatic amines is 1. The molecule has 0 spiro atoms. The summed E-state index contributed by atoms with van der Waals surface area (Å²) in [6.07, 6.45) is 0. The number of para-hydroxylation sites is 2. The third-order valence-electron chi connectivity index (χ3n) is 7.62. The Hall–Kier alpha value is -4.66. The molecule has 0 fully saturated rings. The van der Waals surface area contributed by atoms with Crippen LogP contribution in [0.4, 0.5) is 0 Å². The van der Waals surface area contributed by atoms with Gasteiger partial charge in [0.15, 0.2) is 0 Å². The number of aromatic nitrogens is 1. The highest BCUT2D eigenvalue weighted by Crippen LogP contribution is 2.38. The fourth-order valence-electron chi connectivity index (χ4n) is 5.76. The zero-order valence-corrected chi connectivity index (χ0v) is 21.4. The molecule has 0 saturated carbocycles. The van der Waals surface area contributed by atoms with Crippen LogP contribution in [0.3, 0.4) is 0 Å². The predicted octanol–water partition coefficient (Wildman–Crippen LogP) is 10.7. The van der Waals surface area contributed by atoms with E-state index in [2.05, 4.69) is 138 Å². The van der Waals surface area contributed by atoms with Crippen molar-refractivity contribution in [2.75, 3.05) is 0 Å². The second-order valence-electron chi connectivity index (χ2n) is 9.87. The fraction of sp³-hybridized carbons (Fsp3) is 0. The molecule has 1 nitrogen and oxygen atoms in total. The molecular weight excluding hydrogens is 478 g/mol. The summed E-state index contributed by atoms with van der Waals surface area (Å²) in [4.78, 5) is 3.66. The molecule has 0 bridgehead atoms. The molecule has 8 aromatic rings. The molecule has 0 aliphatic rings. The van der Waals surface area contributed by atoms with Crippen molar-refractivity contribution >= 4 is 53.3 Å². The normalized spacial score (nSPS) is 11.7. The highest BCUT2D eigenvalue weighted by molar-refractivity contribution is 7.25. The molecule has 0 aliphatic carbocycles. The smallest absolute Gasteiger partial charge is 0.0544 e. The molecular formula is C36H23NS. The van der Waals surface area contributed by atoms with E-state index in [1.165, 1.54) is 75.4 Å².